The number of aromatic hydroxyl groups is 1. The number of fused-ring (bicyclic) bond motifs is 1. The number of hydrogen-bond acceptors (Lipinski definition) is 5. The third-order valence-electron chi connectivity index (χ3n) is 8.92. The SMILES string of the molecule is CCCCN(CCCC)c1ccc(C#Cc2cc(C#Cc3ccc(N(CCCC)CCCC)cc3)c(O)c(-c3nc4ccccc4o3)c2)cc1. The first-order valence-electron chi connectivity index (χ1n) is 18.5. The molecule has 5 aromatic rings. The second-order valence-corrected chi connectivity index (χ2v) is 12.9. The number of nitrogens with zero attached hydrogens (tertiary/aromatic N) is 3. The second kappa shape index (κ2) is 18.6. The fourth-order valence-electron chi connectivity index (χ4n) is 5.88. The van der Waals surface area contributed by atoms with E-state index in [0.717, 1.165) is 48.4 Å². The van der Waals surface area contributed by atoms with Crippen LogP contribution in [0.4, 0.5) is 11.4 Å². The fraction of sp³-hybridized carbons (Fsp3) is 0.356. The van der Waals surface area contributed by atoms with Crippen LogP contribution in [0.1, 0.15) is 101 Å². The predicted octanol–water partition coefficient (Wildman–Crippen LogP) is 10.8. The van der Waals surface area contributed by atoms with Gasteiger partial charge in [-0.25, -0.2) is 4.98 Å². The second-order valence-electron chi connectivity index (χ2n) is 12.9. The zero-order valence-electron chi connectivity index (χ0n) is 30.3. The molecule has 0 atom stereocenters. The van der Waals surface area contributed by atoms with Crippen LogP contribution in [-0.4, -0.2) is 36.3 Å². The van der Waals surface area contributed by atoms with Crippen molar-refractivity contribution in [3.63, 3.8) is 0 Å². The zero-order valence-corrected chi connectivity index (χ0v) is 30.3. The van der Waals surface area contributed by atoms with Gasteiger partial charge in [0.25, 0.3) is 0 Å². The molecule has 0 fully saturated rings. The lowest BCUT2D eigenvalue weighted by atomic mass is 10.0. The summed E-state index contributed by atoms with van der Waals surface area (Å²) in [6.07, 6.45) is 9.42. The van der Waals surface area contributed by atoms with Crippen molar-refractivity contribution in [1.82, 2.24) is 4.98 Å². The number of rotatable bonds is 15. The Balaban J connectivity index is 1.46. The lowest BCUT2D eigenvalue weighted by Gasteiger charge is -2.24. The largest absolute Gasteiger partial charge is 0.506 e. The Hall–Kier alpha value is -5.13. The number of para-hydroxylation sites is 2. The summed E-state index contributed by atoms with van der Waals surface area (Å²) >= 11 is 0. The molecule has 1 heterocycles. The summed E-state index contributed by atoms with van der Waals surface area (Å²) in [6, 6.07) is 28.2. The minimum absolute atomic E-state index is 0.0279. The van der Waals surface area contributed by atoms with Crippen molar-refractivity contribution in [3.05, 3.63) is 107 Å². The van der Waals surface area contributed by atoms with E-state index in [1.165, 1.54) is 62.7 Å². The summed E-state index contributed by atoms with van der Waals surface area (Å²) in [4.78, 5) is 9.61. The molecule has 258 valence electrons. The van der Waals surface area contributed by atoms with E-state index in [0.29, 0.717) is 22.6 Å². The Bertz CT molecular complexity index is 1890. The quantitative estimate of drug-likeness (QED) is 0.113. The van der Waals surface area contributed by atoms with Crippen LogP contribution in [-0.2, 0) is 0 Å². The van der Waals surface area contributed by atoms with Gasteiger partial charge in [0.15, 0.2) is 5.58 Å². The first-order chi connectivity index (χ1) is 24.5. The maximum absolute atomic E-state index is 11.5. The number of phenolic OH excluding ortho intramolecular Hbond substituents is 1. The molecule has 0 amide bonds. The molecule has 5 rings (SSSR count). The predicted molar refractivity (Wildman–Crippen MR) is 210 cm³/mol. The van der Waals surface area contributed by atoms with E-state index < -0.39 is 0 Å². The Labute approximate surface area is 299 Å². The monoisotopic (exact) mass is 665 g/mol. The van der Waals surface area contributed by atoms with E-state index in [4.69, 9.17) is 4.42 Å². The number of hydrogen-bond donors (Lipinski definition) is 1. The molecule has 0 aliphatic heterocycles. The van der Waals surface area contributed by atoms with Gasteiger partial charge in [-0.2, -0.15) is 0 Å². The highest BCUT2D eigenvalue weighted by Gasteiger charge is 2.16. The van der Waals surface area contributed by atoms with Gasteiger partial charge in [-0.15, -0.1) is 0 Å². The van der Waals surface area contributed by atoms with Crippen molar-refractivity contribution in [1.29, 1.82) is 0 Å². The molecule has 4 aromatic carbocycles. The van der Waals surface area contributed by atoms with Crippen molar-refractivity contribution in [2.45, 2.75) is 79.1 Å². The minimum Gasteiger partial charge on any atom is -0.506 e. The summed E-state index contributed by atoms with van der Waals surface area (Å²) in [6.45, 7) is 13.2. The van der Waals surface area contributed by atoms with Gasteiger partial charge in [-0.05, 0) is 98.5 Å². The van der Waals surface area contributed by atoms with Crippen molar-refractivity contribution in [3.8, 4) is 40.9 Å². The van der Waals surface area contributed by atoms with Crippen molar-refractivity contribution < 1.29 is 9.52 Å². The van der Waals surface area contributed by atoms with Crippen LogP contribution in [0.5, 0.6) is 5.75 Å². The van der Waals surface area contributed by atoms with Crippen LogP contribution < -0.4 is 9.80 Å². The number of oxazole rings is 1. The highest BCUT2D eigenvalue weighted by Crippen LogP contribution is 2.34. The van der Waals surface area contributed by atoms with Gasteiger partial charge in [0.2, 0.25) is 5.89 Å². The fourth-order valence-corrected chi connectivity index (χ4v) is 5.88. The molecule has 1 N–H and O–H groups in total. The maximum Gasteiger partial charge on any atom is 0.231 e. The lowest BCUT2D eigenvalue weighted by Crippen LogP contribution is -2.25. The Morgan fingerprint density at radius 1 is 0.580 bits per heavy atom. The van der Waals surface area contributed by atoms with Crippen molar-refractivity contribution in [2.75, 3.05) is 36.0 Å². The summed E-state index contributed by atoms with van der Waals surface area (Å²) in [5.41, 5.74) is 7.31. The number of benzene rings is 4. The first kappa shape index (κ1) is 36.2. The normalized spacial score (nSPS) is 10.7. The molecule has 5 nitrogen and oxygen atoms in total. The van der Waals surface area contributed by atoms with Crippen molar-refractivity contribution >= 4 is 22.5 Å². The van der Waals surface area contributed by atoms with E-state index in [1.54, 1.807) is 0 Å². The zero-order chi connectivity index (χ0) is 35.1. The van der Waals surface area contributed by atoms with Crippen LogP contribution in [0, 0.1) is 23.7 Å². The summed E-state index contributed by atoms with van der Waals surface area (Å²) in [7, 11) is 0. The molecule has 1 aromatic heterocycles. The Morgan fingerprint density at radius 2 is 1.06 bits per heavy atom. The van der Waals surface area contributed by atoms with E-state index in [-0.39, 0.29) is 5.75 Å². The van der Waals surface area contributed by atoms with Gasteiger partial charge in [0.1, 0.15) is 11.3 Å². The molecular weight excluding hydrogens is 615 g/mol. The van der Waals surface area contributed by atoms with Crippen molar-refractivity contribution in [2.24, 2.45) is 0 Å². The van der Waals surface area contributed by atoms with Crippen LogP contribution in [0.3, 0.4) is 0 Å². The van der Waals surface area contributed by atoms with Gasteiger partial charge in [-0.1, -0.05) is 89.2 Å². The smallest absolute Gasteiger partial charge is 0.231 e. The molecule has 0 aliphatic carbocycles. The highest BCUT2D eigenvalue weighted by atomic mass is 16.3. The molecule has 0 saturated carbocycles. The lowest BCUT2D eigenvalue weighted by molar-refractivity contribution is 0.472. The van der Waals surface area contributed by atoms with E-state index >= 15 is 0 Å². The van der Waals surface area contributed by atoms with Crippen LogP contribution in [0.25, 0.3) is 22.6 Å². The summed E-state index contributed by atoms with van der Waals surface area (Å²) in [5.74, 6) is 13.5. The number of aromatic nitrogens is 1. The summed E-state index contributed by atoms with van der Waals surface area (Å²) < 4.78 is 6.08. The third-order valence-corrected chi connectivity index (χ3v) is 8.92. The molecule has 5 heteroatoms. The first-order valence-corrected chi connectivity index (χ1v) is 18.5. The molecule has 50 heavy (non-hydrogen) atoms. The van der Waals surface area contributed by atoms with Gasteiger partial charge >= 0.3 is 0 Å². The Kier molecular flexibility index (Phi) is 13.4. The number of phenols is 1. The van der Waals surface area contributed by atoms with Crippen LogP contribution in [0.2, 0.25) is 0 Å². The van der Waals surface area contributed by atoms with Gasteiger partial charge < -0.3 is 19.3 Å². The molecule has 0 aliphatic rings. The Morgan fingerprint density at radius 3 is 1.56 bits per heavy atom. The topological polar surface area (TPSA) is 52.7 Å². The molecule has 0 radical (unpaired) electrons. The highest BCUT2D eigenvalue weighted by molar-refractivity contribution is 5.79. The third kappa shape index (κ3) is 9.73. The minimum atomic E-state index is 0.0279. The van der Waals surface area contributed by atoms with Gasteiger partial charge in [-0.3, -0.25) is 0 Å². The molecule has 0 spiro atoms. The van der Waals surface area contributed by atoms with Gasteiger partial charge in [0, 0.05) is 54.2 Å². The van der Waals surface area contributed by atoms with Gasteiger partial charge in [0.05, 0.1) is 11.1 Å². The number of unbranched alkanes of at least 4 members (excludes halogenated alkanes) is 4. The average molecular weight is 666 g/mol. The van der Waals surface area contributed by atoms with E-state index in [2.05, 4.69) is 115 Å². The molecule has 0 bridgehead atoms. The van der Waals surface area contributed by atoms with Crippen LogP contribution in [0.15, 0.2) is 89.3 Å². The summed E-state index contributed by atoms with van der Waals surface area (Å²) in [5, 5.41) is 11.5. The van der Waals surface area contributed by atoms with E-state index in [1.807, 2.05) is 36.4 Å². The van der Waals surface area contributed by atoms with Crippen LogP contribution >= 0.6 is 0 Å². The average Bonchev–Trinajstić information content (AvgIpc) is 3.59. The molecule has 0 saturated heterocycles. The maximum atomic E-state index is 11.5. The van der Waals surface area contributed by atoms with E-state index in [9.17, 15) is 5.11 Å². The molecule has 0 unspecified atom stereocenters. The number of anilines is 2. The standard InChI is InChI=1S/C45H51N3O2/c1-5-9-29-47(30-10-6-2)39-25-20-35(21-26-39)17-18-37-33-38(44(49)41(34-37)45-46-42-15-13-14-16-43(42)50-45)24-19-36-22-27-40(28-23-36)48(31-11-7-3)32-12-8-4/h13-16,20-23,25-28,33-34,49H,5-12,29-32H2,1-4H3. The molecular formula is C45H51N3O2.